The predicted molar refractivity (Wildman–Crippen MR) is 56.3 cm³/mol. The summed E-state index contributed by atoms with van der Waals surface area (Å²) in [5.74, 6) is -1.04. The van der Waals surface area contributed by atoms with Crippen molar-refractivity contribution in [2.75, 3.05) is 0 Å². The maximum atomic E-state index is 10.8. The lowest BCUT2D eigenvalue weighted by Gasteiger charge is -2.09. The van der Waals surface area contributed by atoms with Crippen LogP contribution in [0, 0.1) is 0 Å². The summed E-state index contributed by atoms with van der Waals surface area (Å²) in [7, 11) is 0. The number of nitrogens with zero attached hydrogens (tertiary/aromatic N) is 1. The largest absolute Gasteiger partial charge is 0.480 e. The van der Waals surface area contributed by atoms with Crippen LogP contribution in [0.4, 0.5) is 0 Å². The lowest BCUT2D eigenvalue weighted by Crippen LogP contribution is -2.20. The Morgan fingerprint density at radius 2 is 2.07 bits per heavy atom. The van der Waals surface area contributed by atoms with Gasteiger partial charge in [0.05, 0.1) is 5.52 Å². The molecule has 0 fully saturated rings. The number of hydrogen-bond donors (Lipinski definition) is 2. The van der Waals surface area contributed by atoms with Gasteiger partial charge in [0.15, 0.2) is 0 Å². The van der Waals surface area contributed by atoms with Crippen LogP contribution >= 0.6 is 0 Å². The Labute approximate surface area is 86.4 Å². The molecular weight excluding hydrogens is 192 g/mol. The van der Waals surface area contributed by atoms with E-state index in [0.717, 1.165) is 10.9 Å². The quantitative estimate of drug-likeness (QED) is 0.770. The van der Waals surface area contributed by atoms with Crippen molar-refractivity contribution < 1.29 is 9.90 Å². The van der Waals surface area contributed by atoms with Crippen LogP contribution in [0.3, 0.4) is 0 Å². The lowest BCUT2D eigenvalue weighted by molar-refractivity contribution is -0.138. The molecule has 0 spiro atoms. The van der Waals surface area contributed by atoms with Gasteiger partial charge in [-0.05, 0) is 17.7 Å². The maximum Gasteiger partial charge on any atom is 0.325 e. The third-order valence-electron chi connectivity index (χ3n) is 2.28. The number of nitrogens with two attached hydrogens (primary N) is 1. The van der Waals surface area contributed by atoms with Crippen LogP contribution in [-0.2, 0) is 4.79 Å². The first-order valence-corrected chi connectivity index (χ1v) is 4.52. The van der Waals surface area contributed by atoms with Crippen molar-refractivity contribution in [2.45, 2.75) is 6.04 Å². The zero-order chi connectivity index (χ0) is 10.8. The average Bonchev–Trinajstić information content (AvgIpc) is 2.27. The zero-order valence-corrected chi connectivity index (χ0v) is 7.92. The molecule has 1 heterocycles. The fourth-order valence-corrected chi connectivity index (χ4v) is 1.52. The molecule has 0 aliphatic carbocycles. The minimum atomic E-state index is -1.04. The normalized spacial score (nSPS) is 12.6. The van der Waals surface area contributed by atoms with Crippen molar-refractivity contribution in [3.05, 3.63) is 42.1 Å². The predicted octanol–water partition coefficient (Wildman–Crippen LogP) is 1.32. The second-order valence-corrected chi connectivity index (χ2v) is 3.23. The number of pyridine rings is 1. The van der Waals surface area contributed by atoms with Gasteiger partial charge in [0, 0.05) is 11.6 Å². The lowest BCUT2D eigenvalue weighted by atomic mass is 10.0. The van der Waals surface area contributed by atoms with E-state index in [0.29, 0.717) is 5.56 Å². The van der Waals surface area contributed by atoms with Crippen LogP contribution in [0.1, 0.15) is 11.6 Å². The number of aliphatic carboxylic acids is 1. The second kappa shape index (κ2) is 3.67. The summed E-state index contributed by atoms with van der Waals surface area (Å²) in [6.45, 7) is 0. The van der Waals surface area contributed by atoms with E-state index in [1.165, 1.54) is 0 Å². The first-order chi connectivity index (χ1) is 7.20. The molecular formula is C11H10N2O2. The van der Waals surface area contributed by atoms with E-state index < -0.39 is 12.0 Å². The Balaban J connectivity index is 2.65. The summed E-state index contributed by atoms with van der Waals surface area (Å²) in [6, 6.07) is 7.97. The molecule has 2 rings (SSSR count). The molecule has 3 N–H and O–H groups in total. The van der Waals surface area contributed by atoms with Gasteiger partial charge in [0.2, 0.25) is 0 Å². The number of carbonyl (C=O) groups is 1. The average molecular weight is 202 g/mol. The van der Waals surface area contributed by atoms with Gasteiger partial charge < -0.3 is 10.8 Å². The summed E-state index contributed by atoms with van der Waals surface area (Å²) in [4.78, 5) is 14.9. The molecule has 0 bridgehead atoms. The molecule has 4 heteroatoms. The van der Waals surface area contributed by atoms with Gasteiger partial charge in [0.25, 0.3) is 0 Å². The van der Waals surface area contributed by atoms with E-state index >= 15 is 0 Å². The summed E-state index contributed by atoms with van der Waals surface area (Å²) in [5, 5.41) is 9.64. The first kappa shape index (κ1) is 9.61. The molecule has 0 aliphatic heterocycles. The molecule has 76 valence electrons. The number of rotatable bonds is 2. The van der Waals surface area contributed by atoms with E-state index in [1.807, 2.05) is 24.3 Å². The highest BCUT2D eigenvalue weighted by Gasteiger charge is 2.16. The summed E-state index contributed by atoms with van der Waals surface area (Å²) >= 11 is 0. The van der Waals surface area contributed by atoms with Gasteiger partial charge in [-0.15, -0.1) is 0 Å². The van der Waals surface area contributed by atoms with Crippen LogP contribution in [0.25, 0.3) is 10.9 Å². The minimum Gasteiger partial charge on any atom is -0.480 e. The highest BCUT2D eigenvalue weighted by Crippen LogP contribution is 2.21. The topological polar surface area (TPSA) is 76.2 Å². The highest BCUT2D eigenvalue weighted by molar-refractivity contribution is 5.87. The fraction of sp³-hybridized carbons (Fsp3) is 0.0909. The number of aromatic nitrogens is 1. The summed E-state index contributed by atoms with van der Waals surface area (Å²) < 4.78 is 0. The number of hydrogen-bond acceptors (Lipinski definition) is 3. The van der Waals surface area contributed by atoms with Gasteiger partial charge in [-0.25, -0.2) is 0 Å². The van der Waals surface area contributed by atoms with Crippen molar-refractivity contribution in [1.29, 1.82) is 0 Å². The number of carboxylic acid groups (broad SMARTS) is 1. The van der Waals surface area contributed by atoms with E-state index in [9.17, 15) is 4.79 Å². The monoisotopic (exact) mass is 202 g/mol. The van der Waals surface area contributed by atoms with Gasteiger partial charge in [-0.3, -0.25) is 9.78 Å². The van der Waals surface area contributed by atoms with E-state index in [4.69, 9.17) is 10.8 Å². The van der Waals surface area contributed by atoms with Crippen LogP contribution in [-0.4, -0.2) is 16.1 Å². The van der Waals surface area contributed by atoms with Crippen molar-refractivity contribution in [3.8, 4) is 0 Å². The molecule has 15 heavy (non-hydrogen) atoms. The van der Waals surface area contributed by atoms with Crippen LogP contribution in [0.5, 0.6) is 0 Å². The summed E-state index contributed by atoms with van der Waals surface area (Å²) in [6.07, 6.45) is 1.57. The van der Waals surface area contributed by atoms with Crippen molar-refractivity contribution >= 4 is 16.9 Å². The Kier molecular flexibility index (Phi) is 2.35. The van der Waals surface area contributed by atoms with Crippen molar-refractivity contribution in [3.63, 3.8) is 0 Å². The summed E-state index contributed by atoms with van der Waals surface area (Å²) in [5.41, 5.74) is 6.92. The Morgan fingerprint density at radius 1 is 1.33 bits per heavy atom. The second-order valence-electron chi connectivity index (χ2n) is 3.23. The molecule has 0 amide bonds. The van der Waals surface area contributed by atoms with Crippen molar-refractivity contribution in [1.82, 2.24) is 4.98 Å². The molecule has 0 aliphatic rings. The van der Waals surface area contributed by atoms with Crippen molar-refractivity contribution in [2.24, 2.45) is 5.73 Å². The Hall–Kier alpha value is -1.94. The number of benzene rings is 1. The van der Waals surface area contributed by atoms with Crippen LogP contribution in [0.2, 0.25) is 0 Å². The SMILES string of the molecule is N[C@@H](C(=O)O)c1ccnc2ccccc12. The maximum absolute atomic E-state index is 10.8. The van der Waals surface area contributed by atoms with Gasteiger partial charge in [0.1, 0.15) is 6.04 Å². The highest BCUT2D eigenvalue weighted by atomic mass is 16.4. The van der Waals surface area contributed by atoms with Crippen LogP contribution < -0.4 is 5.73 Å². The molecule has 1 aromatic heterocycles. The minimum absolute atomic E-state index is 0.591. The molecule has 4 nitrogen and oxygen atoms in total. The molecule has 2 aromatic rings. The number of carboxylic acids is 1. The van der Waals surface area contributed by atoms with Gasteiger partial charge >= 0.3 is 5.97 Å². The third-order valence-corrected chi connectivity index (χ3v) is 2.28. The van der Waals surface area contributed by atoms with Crippen LogP contribution in [0.15, 0.2) is 36.5 Å². The van der Waals surface area contributed by atoms with E-state index in [2.05, 4.69) is 4.98 Å². The smallest absolute Gasteiger partial charge is 0.325 e. The van der Waals surface area contributed by atoms with E-state index in [-0.39, 0.29) is 0 Å². The van der Waals surface area contributed by atoms with E-state index in [1.54, 1.807) is 12.3 Å². The zero-order valence-electron chi connectivity index (χ0n) is 7.92. The molecule has 0 radical (unpaired) electrons. The molecule has 1 aromatic carbocycles. The first-order valence-electron chi connectivity index (χ1n) is 4.52. The Bertz CT molecular complexity index is 505. The molecule has 0 unspecified atom stereocenters. The molecule has 0 saturated heterocycles. The molecule has 1 atom stereocenters. The third kappa shape index (κ3) is 1.67. The molecule has 0 saturated carbocycles. The number of fused-ring (bicyclic) bond motifs is 1. The standard InChI is InChI=1S/C11H10N2O2/c12-10(11(14)15)8-5-6-13-9-4-2-1-3-7(8)9/h1-6,10H,12H2,(H,14,15)/t10-/m1/s1. The van der Waals surface area contributed by atoms with Gasteiger partial charge in [-0.1, -0.05) is 18.2 Å². The fourth-order valence-electron chi connectivity index (χ4n) is 1.52. The Morgan fingerprint density at radius 3 is 2.80 bits per heavy atom. The number of para-hydroxylation sites is 1. The van der Waals surface area contributed by atoms with Gasteiger partial charge in [-0.2, -0.15) is 0 Å².